The van der Waals surface area contributed by atoms with E-state index in [-0.39, 0.29) is 23.3 Å². The fourth-order valence-corrected chi connectivity index (χ4v) is 3.96. The van der Waals surface area contributed by atoms with E-state index in [9.17, 15) is 13.6 Å². The SMILES string of the molecule is CN(C(=O)c1ccn(-c2c(F)cccc2F)n1)C1CC2CCC(C1)N2. The van der Waals surface area contributed by atoms with E-state index in [1.807, 2.05) is 0 Å². The number of nitrogens with one attached hydrogen (secondary N) is 1. The number of hydrogen-bond donors (Lipinski definition) is 1. The van der Waals surface area contributed by atoms with Crippen LogP contribution >= 0.6 is 0 Å². The molecule has 3 heterocycles. The number of piperidine rings is 1. The fourth-order valence-electron chi connectivity index (χ4n) is 3.96. The minimum Gasteiger partial charge on any atom is -0.337 e. The van der Waals surface area contributed by atoms with E-state index < -0.39 is 11.6 Å². The lowest BCUT2D eigenvalue weighted by Gasteiger charge is -2.35. The van der Waals surface area contributed by atoms with Crippen molar-refractivity contribution in [1.82, 2.24) is 20.0 Å². The van der Waals surface area contributed by atoms with Gasteiger partial charge in [0.1, 0.15) is 5.69 Å². The maximum absolute atomic E-state index is 13.9. The summed E-state index contributed by atoms with van der Waals surface area (Å²) in [4.78, 5) is 14.5. The zero-order chi connectivity index (χ0) is 17.6. The molecule has 132 valence electrons. The van der Waals surface area contributed by atoms with Crippen molar-refractivity contribution in [2.75, 3.05) is 7.05 Å². The van der Waals surface area contributed by atoms with Gasteiger partial charge in [0.05, 0.1) is 0 Å². The van der Waals surface area contributed by atoms with Gasteiger partial charge < -0.3 is 10.2 Å². The average Bonchev–Trinajstić information content (AvgIpc) is 3.20. The first-order valence-electron chi connectivity index (χ1n) is 8.56. The molecule has 2 atom stereocenters. The van der Waals surface area contributed by atoms with Crippen LogP contribution in [0.25, 0.3) is 5.69 Å². The van der Waals surface area contributed by atoms with E-state index in [0.717, 1.165) is 30.4 Å². The Balaban J connectivity index is 1.54. The number of carbonyl (C=O) groups is 1. The van der Waals surface area contributed by atoms with E-state index in [1.54, 1.807) is 11.9 Å². The molecule has 0 saturated carbocycles. The second kappa shape index (κ2) is 6.22. The van der Waals surface area contributed by atoms with Crippen molar-refractivity contribution in [3.05, 3.63) is 47.8 Å². The minimum absolute atomic E-state index is 0.168. The van der Waals surface area contributed by atoms with E-state index in [1.165, 1.54) is 30.5 Å². The summed E-state index contributed by atoms with van der Waals surface area (Å²) in [6.07, 6.45) is 5.59. The van der Waals surface area contributed by atoms with Crippen LogP contribution in [0.2, 0.25) is 0 Å². The molecule has 2 saturated heterocycles. The molecule has 7 heteroatoms. The van der Waals surface area contributed by atoms with Gasteiger partial charge in [-0.25, -0.2) is 13.5 Å². The highest BCUT2D eigenvalue weighted by Gasteiger charge is 2.36. The van der Waals surface area contributed by atoms with Gasteiger partial charge in [-0.05, 0) is 43.9 Å². The van der Waals surface area contributed by atoms with Gasteiger partial charge >= 0.3 is 0 Å². The van der Waals surface area contributed by atoms with Gasteiger partial charge in [-0.3, -0.25) is 4.79 Å². The summed E-state index contributed by atoms with van der Waals surface area (Å²) in [7, 11) is 1.78. The lowest BCUT2D eigenvalue weighted by molar-refractivity contribution is 0.0675. The van der Waals surface area contributed by atoms with Crippen LogP contribution in [-0.2, 0) is 0 Å². The molecule has 1 amide bonds. The fraction of sp³-hybridized carbons (Fsp3) is 0.444. The summed E-state index contributed by atoms with van der Waals surface area (Å²) in [5.41, 5.74) is -0.0832. The number of halogens is 2. The van der Waals surface area contributed by atoms with Gasteiger partial charge in [0.15, 0.2) is 17.3 Å². The van der Waals surface area contributed by atoms with Gasteiger partial charge in [0, 0.05) is 31.4 Å². The molecule has 25 heavy (non-hydrogen) atoms. The Hall–Kier alpha value is -2.28. The molecular weight excluding hydrogens is 326 g/mol. The molecule has 1 aromatic heterocycles. The van der Waals surface area contributed by atoms with Crippen LogP contribution in [0.4, 0.5) is 8.78 Å². The van der Waals surface area contributed by atoms with Crippen LogP contribution in [0.3, 0.4) is 0 Å². The topological polar surface area (TPSA) is 50.2 Å². The Morgan fingerprint density at radius 3 is 2.48 bits per heavy atom. The largest absolute Gasteiger partial charge is 0.337 e. The Morgan fingerprint density at radius 2 is 1.84 bits per heavy atom. The third kappa shape index (κ3) is 2.93. The molecule has 2 unspecified atom stereocenters. The predicted molar refractivity (Wildman–Crippen MR) is 88.5 cm³/mol. The maximum Gasteiger partial charge on any atom is 0.274 e. The Kier molecular flexibility index (Phi) is 4.03. The standard InChI is InChI=1S/C18H20F2N4O/c1-23(13-9-11-5-6-12(10-13)21-11)18(25)16-7-8-24(22-16)17-14(19)3-2-4-15(17)20/h2-4,7-8,11-13,21H,5-6,9-10H2,1H3. The highest BCUT2D eigenvalue weighted by molar-refractivity contribution is 5.92. The molecule has 0 radical (unpaired) electrons. The Labute approximate surface area is 144 Å². The zero-order valence-corrected chi connectivity index (χ0v) is 14.0. The third-order valence-electron chi connectivity index (χ3n) is 5.29. The van der Waals surface area contributed by atoms with Crippen molar-refractivity contribution in [3.8, 4) is 5.69 Å². The zero-order valence-electron chi connectivity index (χ0n) is 14.0. The van der Waals surface area contributed by atoms with Crippen LogP contribution in [-0.4, -0.2) is 45.8 Å². The third-order valence-corrected chi connectivity index (χ3v) is 5.29. The highest BCUT2D eigenvalue weighted by atomic mass is 19.1. The van der Waals surface area contributed by atoms with Crippen LogP contribution in [0.15, 0.2) is 30.5 Å². The van der Waals surface area contributed by atoms with E-state index >= 15 is 0 Å². The molecule has 2 aliphatic heterocycles. The van der Waals surface area contributed by atoms with Gasteiger partial charge in [0.2, 0.25) is 0 Å². The van der Waals surface area contributed by atoms with Crippen LogP contribution in [0.5, 0.6) is 0 Å². The quantitative estimate of drug-likeness (QED) is 0.929. The van der Waals surface area contributed by atoms with Crippen molar-refractivity contribution in [2.45, 2.75) is 43.8 Å². The molecule has 0 aliphatic carbocycles. The number of rotatable bonds is 3. The summed E-state index contributed by atoms with van der Waals surface area (Å²) in [6.45, 7) is 0. The lowest BCUT2D eigenvalue weighted by Crippen LogP contribution is -2.48. The normalized spacial score (nSPS) is 25.2. The number of nitrogens with zero attached hydrogens (tertiary/aromatic N) is 3. The molecule has 2 fully saturated rings. The average molecular weight is 346 g/mol. The molecule has 2 aliphatic rings. The van der Waals surface area contributed by atoms with Gasteiger partial charge in [-0.15, -0.1) is 0 Å². The number of aromatic nitrogens is 2. The summed E-state index contributed by atoms with van der Waals surface area (Å²) >= 11 is 0. The molecule has 0 spiro atoms. The van der Waals surface area contributed by atoms with E-state index in [2.05, 4.69) is 10.4 Å². The van der Waals surface area contributed by atoms with E-state index in [0.29, 0.717) is 12.1 Å². The van der Waals surface area contributed by atoms with Crippen molar-refractivity contribution in [2.24, 2.45) is 0 Å². The summed E-state index contributed by atoms with van der Waals surface area (Å²) in [6, 6.07) is 6.25. The van der Waals surface area contributed by atoms with Gasteiger partial charge in [0.25, 0.3) is 5.91 Å². The molecule has 4 rings (SSSR count). The smallest absolute Gasteiger partial charge is 0.274 e. The van der Waals surface area contributed by atoms with Gasteiger partial charge in [-0.1, -0.05) is 6.07 Å². The summed E-state index contributed by atoms with van der Waals surface area (Å²) < 4.78 is 28.9. The number of benzene rings is 1. The number of hydrogen-bond acceptors (Lipinski definition) is 3. The highest BCUT2D eigenvalue weighted by Crippen LogP contribution is 2.29. The van der Waals surface area contributed by atoms with E-state index in [4.69, 9.17) is 0 Å². The maximum atomic E-state index is 13.9. The lowest BCUT2D eigenvalue weighted by atomic mass is 9.98. The second-order valence-corrected chi connectivity index (χ2v) is 6.89. The molecule has 1 N–H and O–H groups in total. The summed E-state index contributed by atoms with van der Waals surface area (Å²) in [5, 5.41) is 7.65. The molecule has 1 aromatic carbocycles. The molecule has 2 aromatic rings. The predicted octanol–water partition coefficient (Wildman–Crippen LogP) is 2.51. The van der Waals surface area contributed by atoms with Gasteiger partial charge in [-0.2, -0.15) is 5.10 Å². The number of para-hydroxylation sites is 1. The number of fused-ring (bicyclic) bond motifs is 2. The monoisotopic (exact) mass is 346 g/mol. The van der Waals surface area contributed by atoms with Crippen molar-refractivity contribution in [1.29, 1.82) is 0 Å². The molecular formula is C18H20F2N4O. The van der Waals surface area contributed by atoms with Crippen molar-refractivity contribution < 1.29 is 13.6 Å². The van der Waals surface area contributed by atoms with Crippen LogP contribution < -0.4 is 5.32 Å². The van der Waals surface area contributed by atoms with Crippen molar-refractivity contribution in [3.63, 3.8) is 0 Å². The first-order chi connectivity index (χ1) is 12.0. The summed E-state index contributed by atoms with van der Waals surface area (Å²) in [5.74, 6) is -1.66. The molecule has 5 nitrogen and oxygen atoms in total. The first-order valence-corrected chi connectivity index (χ1v) is 8.56. The first kappa shape index (κ1) is 16.2. The Morgan fingerprint density at radius 1 is 1.20 bits per heavy atom. The minimum atomic E-state index is -0.717. The molecule has 2 bridgehead atoms. The van der Waals surface area contributed by atoms with Crippen LogP contribution in [0, 0.1) is 11.6 Å². The van der Waals surface area contributed by atoms with Crippen LogP contribution in [0.1, 0.15) is 36.2 Å². The second-order valence-electron chi connectivity index (χ2n) is 6.89. The van der Waals surface area contributed by atoms with Crippen molar-refractivity contribution >= 4 is 5.91 Å². The number of carbonyl (C=O) groups excluding carboxylic acids is 1. The number of amides is 1. The Bertz CT molecular complexity index is 774.